The Balaban J connectivity index is 2.59. The maximum absolute atomic E-state index is 11.7. The van der Waals surface area contributed by atoms with Crippen LogP contribution in [0.5, 0.6) is 0 Å². The van der Waals surface area contributed by atoms with Crippen molar-refractivity contribution in [1.29, 1.82) is 0 Å². The minimum absolute atomic E-state index is 0.150. The molecular formula is C9H18ClNO2S. The maximum Gasteiger partial charge on any atom is 0.214 e. The van der Waals surface area contributed by atoms with Gasteiger partial charge in [0.2, 0.25) is 10.0 Å². The van der Waals surface area contributed by atoms with Gasteiger partial charge in [0.25, 0.3) is 0 Å². The largest absolute Gasteiger partial charge is 0.214 e. The van der Waals surface area contributed by atoms with E-state index < -0.39 is 10.0 Å². The molecule has 0 aliphatic carbocycles. The molecule has 0 aromatic carbocycles. The average molecular weight is 240 g/mol. The number of halogens is 1. The van der Waals surface area contributed by atoms with E-state index in [1.165, 1.54) is 0 Å². The minimum atomic E-state index is -3.01. The second kappa shape index (κ2) is 5.33. The highest BCUT2D eigenvalue weighted by Gasteiger charge is 2.24. The Labute approximate surface area is 91.5 Å². The number of hydrogen-bond acceptors (Lipinski definition) is 2. The van der Waals surface area contributed by atoms with E-state index in [9.17, 15) is 8.42 Å². The molecule has 1 heterocycles. The summed E-state index contributed by atoms with van der Waals surface area (Å²) in [5, 5.41) is 0.150. The van der Waals surface area contributed by atoms with Gasteiger partial charge in [0.15, 0.2) is 0 Å². The van der Waals surface area contributed by atoms with Crippen molar-refractivity contribution >= 4 is 21.6 Å². The van der Waals surface area contributed by atoms with Crippen molar-refractivity contribution in [3.05, 3.63) is 0 Å². The van der Waals surface area contributed by atoms with E-state index in [0.29, 0.717) is 19.5 Å². The van der Waals surface area contributed by atoms with Crippen molar-refractivity contribution in [1.82, 2.24) is 4.31 Å². The van der Waals surface area contributed by atoms with E-state index >= 15 is 0 Å². The van der Waals surface area contributed by atoms with Gasteiger partial charge >= 0.3 is 0 Å². The molecule has 1 aliphatic heterocycles. The monoisotopic (exact) mass is 239 g/mol. The molecule has 0 radical (unpaired) electrons. The van der Waals surface area contributed by atoms with E-state index in [1.54, 1.807) is 4.31 Å². The molecule has 0 amide bonds. The van der Waals surface area contributed by atoms with Gasteiger partial charge in [-0.25, -0.2) is 12.7 Å². The van der Waals surface area contributed by atoms with Crippen LogP contribution in [0.4, 0.5) is 0 Å². The number of rotatable bonds is 3. The average Bonchev–Trinajstić information content (AvgIpc) is 2.30. The predicted molar refractivity (Wildman–Crippen MR) is 59.1 cm³/mol. The summed E-state index contributed by atoms with van der Waals surface area (Å²) < 4.78 is 25.1. The topological polar surface area (TPSA) is 37.4 Å². The summed E-state index contributed by atoms with van der Waals surface area (Å²) in [6.45, 7) is 3.13. The zero-order valence-corrected chi connectivity index (χ0v) is 10.1. The lowest BCUT2D eigenvalue weighted by Gasteiger charge is -2.19. The summed E-state index contributed by atoms with van der Waals surface area (Å²) in [6.07, 6.45) is 3.28. The highest BCUT2D eigenvalue weighted by molar-refractivity contribution is 7.89. The summed E-state index contributed by atoms with van der Waals surface area (Å²) in [7, 11) is -3.01. The van der Waals surface area contributed by atoms with Crippen LogP contribution < -0.4 is 0 Å². The molecular weight excluding hydrogens is 222 g/mol. The van der Waals surface area contributed by atoms with Crippen molar-refractivity contribution in [2.24, 2.45) is 0 Å². The van der Waals surface area contributed by atoms with Crippen LogP contribution in [0, 0.1) is 0 Å². The maximum atomic E-state index is 11.7. The van der Waals surface area contributed by atoms with E-state index in [1.807, 2.05) is 6.92 Å². The van der Waals surface area contributed by atoms with E-state index in [-0.39, 0.29) is 11.1 Å². The summed E-state index contributed by atoms with van der Waals surface area (Å²) >= 11 is 5.99. The van der Waals surface area contributed by atoms with Crippen molar-refractivity contribution in [2.75, 3.05) is 18.8 Å². The Bertz CT molecular complexity index is 266. The molecule has 0 spiro atoms. The third-order valence-corrected chi connectivity index (χ3v) is 4.98. The van der Waals surface area contributed by atoms with Gasteiger partial charge in [0, 0.05) is 18.5 Å². The molecule has 84 valence electrons. The smallest absolute Gasteiger partial charge is 0.212 e. The third-order valence-electron chi connectivity index (χ3n) is 2.47. The Morgan fingerprint density at radius 2 is 2.07 bits per heavy atom. The fraction of sp³-hybridized carbons (Fsp3) is 1.00. The van der Waals surface area contributed by atoms with Gasteiger partial charge < -0.3 is 0 Å². The molecule has 0 saturated carbocycles. The normalized spacial score (nSPS) is 26.0. The van der Waals surface area contributed by atoms with Crippen LogP contribution in [0.2, 0.25) is 0 Å². The van der Waals surface area contributed by atoms with Crippen molar-refractivity contribution < 1.29 is 8.42 Å². The highest BCUT2D eigenvalue weighted by atomic mass is 35.5. The summed E-state index contributed by atoms with van der Waals surface area (Å²) in [6, 6.07) is 0. The number of hydrogen-bond donors (Lipinski definition) is 0. The molecule has 3 nitrogen and oxygen atoms in total. The number of sulfonamides is 1. The Kier molecular flexibility index (Phi) is 4.67. The lowest BCUT2D eigenvalue weighted by atomic mass is 10.2. The van der Waals surface area contributed by atoms with Gasteiger partial charge in [-0.05, 0) is 25.7 Å². The molecule has 0 aromatic rings. The van der Waals surface area contributed by atoms with Gasteiger partial charge in [0.05, 0.1) is 5.75 Å². The molecule has 1 saturated heterocycles. The van der Waals surface area contributed by atoms with Gasteiger partial charge in [0.1, 0.15) is 0 Å². The lowest BCUT2D eigenvalue weighted by Crippen LogP contribution is -2.33. The van der Waals surface area contributed by atoms with Crippen LogP contribution in [0.25, 0.3) is 0 Å². The quantitative estimate of drug-likeness (QED) is 0.705. The Hall–Kier alpha value is 0.200. The van der Waals surface area contributed by atoms with Crippen LogP contribution in [0.1, 0.15) is 32.6 Å². The number of nitrogens with zero attached hydrogens (tertiary/aromatic N) is 1. The van der Waals surface area contributed by atoms with Crippen molar-refractivity contribution in [3.8, 4) is 0 Å². The first-order valence-electron chi connectivity index (χ1n) is 5.18. The van der Waals surface area contributed by atoms with E-state index in [0.717, 1.165) is 19.3 Å². The second-order valence-electron chi connectivity index (χ2n) is 3.74. The van der Waals surface area contributed by atoms with E-state index in [2.05, 4.69) is 0 Å². The molecule has 14 heavy (non-hydrogen) atoms. The lowest BCUT2D eigenvalue weighted by molar-refractivity contribution is 0.423. The summed E-state index contributed by atoms with van der Waals surface area (Å²) in [5.74, 6) is 0.264. The fourth-order valence-electron chi connectivity index (χ4n) is 1.69. The van der Waals surface area contributed by atoms with Crippen molar-refractivity contribution in [2.45, 2.75) is 38.0 Å². The van der Waals surface area contributed by atoms with Gasteiger partial charge in [-0.15, -0.1) is 11.6 Å². The van der Waals surface area contributed by atoms with Crippen LogP contribution in [-0.4, -0.2) is 36.9 Å². The molecule has 1 fully saturated rings. The molecule has 0 bridgehead atoms. The molecule has 5 heteroatoms. The minimum Gasteiger partial charge on any atom is -0.212 e. The predicted octanol–water partition coefficient (Wildman–Crippen LogP) is 1.82. The van der Waals surface area contributed by atoms with Crippen LogP contribution in [-0.2, 0) is 10.0 Å². The Morgan fingerprint density at radius 3 is 2.71 bits per heavy atom. The van der Waals surface area contributed by atoms with Gasteiger partial charge in [-0.3, -0.25) is 0 Å². The molecule has 1 unspecified atom stereocenters. The molecule has 0 aromatic heterocycles. The number of alkyl halides is 1. The van der Waals surface area contributed by atoms with Crippen LogP contribution in [0.3, 0.4) is 0 Å². The van der Waals surface area contributed by atoms with E-state index in [4.69, 9.17) is 11.6 Å². The first-order chi connectivity index (χ1) is 6.56. The molecule has 1 atom stereocenters. The standard InChI is InChI=1S/C9H18ClNO2S/c1-2-8-14(12,13)11-6-3-4-9(10)5-7-11/h9H,2-8H2,1H3. The zero-order chi connectivity index (χ0) is 10.6. The fourth-order valence-corrected chi connectivity index (χ4v) is 3.51. The highest BCUT2D eigenvalue weighted by Crippen LogP contribution is 2.18. The third kappa shape index (κ3) is 3.41. The van der Waals surface area contributed by atoms with Crippen LogP contribution in [0.15, 0.2) is 0 Å². The molecule has 1 aliphatic rings. The van der Waals surface area contributed by atoms with Gasteiger partial charge in [-0.2, -0.15) is 0 Å². The second-order valence-corrected chi connectivity index (χ2v) is 6.45. The summed E-state index contributed by atoms with van der Waals surface area (Å²) in [5.41, 5.74) is 0. The first-order valence-corrected chi connectivity index (χ1v) is 7.22. The van der Waals surface area contributed by atoms with Crippen LogP contribution >= 0.6 is 11.6 Å². The first kappa shape index (κ1) is 12.3. The Morgan fingerprint density at radius 1 is 1.36 bits per heavy atom. The molecule has 1 rings (SSSR count). The van der Waals surface area contributed by atoms with Crippen molar-refractivity contribution in [3.63, 3.8) is 0 Å². The van der Waals surface area contributed by atoms with Gasteiger partial charge in [-0.1, -0.05) is 6.92 Å². The molecule has 0 N–H and O–H groups in total. The summed E-state index contributed by atoms with van der Waals surface area (Å²) in [4.78, 5) is 0. The SMILES string of the molecule is CCCS(=O)(=O)N1CCCC(Cl)CC1. The zero-order valence-electron chi connectivity index (χ0n) is 8.58.